The third-order valence-corrected chi connectivity index (χ3v) is 5.73. The van der Waals surface area contributed by atoms with Crippen LogP contribution in [-0.2, 0) is 9.53 Å². The second-order valence-corrected chi connectivity index (χ2v) is 8.48. The smallest absolute Gasteiger partial charge is 0.346 e. The van der Waals surface area contributed by atoms with Gasteiger partial charge in [0.25, 0.3) is 11.2 Å². The second kappa shape index (κ2) is 10.6. The first-order valence-electron chi connectivity index (χ1n) is 10.5. The van der Waals surface area contributed by atoms with Gasteiger partial charge in [0.15, 0.2) is 6.10 Å². The Labute approximate surface area is 203 Å². The van der Waals surface area contributed by atoms with Crippen LogP contribution < -0.4 is 10.3 Å². The molecule has 0 aliphatic carbocycles. The molecule has 0 aliphatic rings. The van der Waals surface area contributed by atoms with Gasteiger partial charge in [-0.25, -0.2) is 9.78 Å². The number of hydrogen-bond donors (Lipinski definition) is 0. The molecule has 2 atom stereocenters. The minimum atomic E-state index is -0.961. The molecule has 0 aliphatic heterocycles. The highest BCUT2D eigenvalue weighted by atomic mass is 79.9. The molecule has 0 saturated heterocycles. The standard InChI is InChI=1S/C23H23BrN4O6/c1-5-13(2)21-26-19-8-6-16(24)11-18(19)22(29)27(21)25-12-15-10-17(28(31)32)7-9-20(15)34-14(3)23(30)33-4/h6-14H,5H2,1-4H3/t13-,14+/m1/s1. The van der Waals surface area contributed by atoms with E-state index in [2.05, 4.69) is 30.8 Å². The Morgan fingerprint density at radius 3 is 2.68 bits per heavy atom. The molecule has 0 spiro atoms. The minimum Gasteiger partial charge on any atom is -0.478 e. The lowest BCUT2D eigenvalue weighted by Gasteiger charge is -2.15. The normalized spacial score (nSPS) is 13.1. The monoisotopic (exact) mass is 530 g/mol. The Hall–Kier alpha value is -3.60. The zero-order valence-corrected chi connectivity index (χ0v) is 20.6. The summed E-state index contributed by atoms with van der Waals surface area (Å²) in [6.07, 6.45) is 1.04. The van der Waals surface area contributed by atoms with Gasteiger partial charge in [-0.15, -0.1) is 0 Å². The van der Waals surface area contributed by atoms with Crippen LogP contribution in [0.4, 0.5) is 5.69 Å². The van der Waals surface area contributed by atoms with Crippen LogP contribution in [0, 0.1) is 10.1 Å². The number of nitro groups is 1. The van der Waals surface area contributed by atoms with E-state index in [1.165, 1.54) is 43.1 Å². The van der Waals surface area contributed by atoms with Crippen LogP contribution in [0.25, 0.3) is 10.9 Å². The van der Waals surface area contributed by atoms with Crippen molar-refractivity contribution in [3.63, 3.8) is 0 Å². The highest BCUT2D eigenvalue weighted by Crippen LogP contribution is 2.25. The summed E-state index contributed by atoms with van der Waals surface area (Å²) in [6, 6.07) is 9.09. The predicted octanol–water partition coefficient (Wildman–Crippen LogP) is 4.40. The average molecular weight is 531 g/mol. The number of ether oxygens (including phenoxy) is 2. The largest absolute Gasteiger partial charge is 0.478 e. The molecule has 0 unspecified atom stereocenters. The lowest BCUT2D eigenvalue weighted by molar-refractivity contribution is -0.384. The molecule has 0 N–H and O–H groups in total. The minimum absolute atomic E-state index is 0.0851. The third-order valence-electron chi connectivity index (χ3n) is 5.24. The van der Waals surface area contributed by atoms with Crippen molar-refractivity contribution < 1.29 is 19.2 Å². The number of esters is 1. The van der Waals surface area contributed by atoms with Gasteiger partial charge in [-0.2, -0.15) is 9.78 Å². The van der Waals surface area contributed by atoms with Crippen molar-refractivity contribution in [3.8, 4) is 5.75 Å². The van der Waals surface area contributed by atoms with E-state index in [-0.39, 0.29) is 28.5 Å². The molecule has 0 amide bonds. The number of non-ortho nitro benzene ring substituents is 1. The zero-order valence-electron chi connectivity index (χ0n) is 19.0. The van der Waals surface area contributed by atoms with E-state index in [1.807, 2.05) is 13.8 Å². The van der Waals surface area contributed by atoms with E-state index in [1.54, 1.807) is 18.2 Å². The van der Waals surface area contributed by atoms with Gasteiger partial charge in [0.2, 0.25) is 0 Å². The van der Waals surface area contributed by atoms with Crippen molar-refractivity contribution >= 4 is 44.7 Å². The fourth-order valence-corrected chi connectivity index (χ4v) is 3.52. The summed E-state index contributed by atoms with van der Waals surface area (Å²) in [5.41, 5.74) is 0.172. The second-order valence-electron chi connectivity index (χ2n) is 7.56. The number of hydrogen-bond acceptors (Lipinski definition) is 8. The SMILES string of the molecule is CC[C@@H](C)c1nc2ccc(Br)cc2c(=O)n1N=Cc1cc([N+](=O)[O-])ccc1O[C@@H](C)C(=O)OC. The summed E-state index contributed by atoms with van der Waals surface area (Å²) >= 11 is 3.37. The first kappa shape index (κ1) is 25.0. The van der Waals surface area contributed by atoms with E-state index in [9.17, 15) is 19.7 Å². The van der Waals surface area contributed by atoms with E-state index >= 15 is 0 Å². The van der Waals surface area contributed by atoms with Crippen molar-refractivity contribution in [2.24, 2.45) is 5.10 Å². The van der Waals surface area contributed by atoms with Crippen molar-refractivity contribution in [2.75, 3.05) is 7.11 Å². The first-order chi connectivity index (χ1) is 16.2. The molecule has 0 radical (unpaired) electrons. The molecule has 0 saturated carbocycles. The van der Waals surface area contributed by atoms with Gasteiger partial charge in [-0.05, 0) is 37.6 Å². The number of carbonyl (C=O) groups is 1. The van der Waals surface area contributed by atoms with Gasteiger partial charge in [-0.3, -0.25) is 14.9 Å². The van der Waals surface area contributed by atoms with E-state index < -0.39 is 17.0 Å². The predicted molar refractivity (Wildman–Crippen MR) is 131 cm³/mol. The van der Waals surface area contributed by atoms with E-state index in [0.29, 0.717) is 23.1 Å². The Morgan fingerprint density at radius 2 is 2.03 bits per heavy atom. The van der Waals surface area contributed by atoms with Crippen molar-refractivity contribution in [2.45, 2.75) is 39.2 Å². The number of fused-ring (bicyclic) bond motifs is 1. The Bertz CT molecular complexity index is 1340. The molecule has 2 aromatic carbocycles. The molecule has 34 heavy (non-hydrogen) atoms. The van der Waals surface area contributed by atoms with Gasteiger partial charge in [0.05, 0.1) is 29.2 Å². The van der Waals surface area contributed by atoms with Gasteiger partial charge in [-0.1, -0.05) is 29.8 Å². The van der Waals surface area contributed by atoms with Gasteiger partial charge >= 0.3 is 5.97 Å². The molecule has 0 bridgehead atoms. The highest BCUT2D eigenvalue weighted by molar-refractivity contribution is 9.10. The fourth-order valence-electron chi connectivity index (χ4n) is 3.16. The molecular formula is C23H23BrN4O6. The van der Waals surface area contributed by atoms with Gasteiger partial charge < -0.3 is 9.47 Å². The molecule has 10 nitrogen and oxygen atoms in total. The average Bonchev–Trinajstić information content (AvgIpc) is 2.83. The zero-order chi connectivity index (χ0) is 25.0. The maximum absolute atomic E-state index is 13.3. The molecule has 3 aromatic rings. The first-order valence-corrected chi connectivity index (χ1v) is 11.2. The summed E-state index contributed by atoms with van der Waals surface area (Å²) in [6.45, 7) is 5.39. The number of benzene rings is 2. The van der Waals surface area contributed by atoms with Crippen molar-refractivity contribution in [1.82, 2.24) is 9.66 Å². The molecule has 1 heterocycles. The summed E-state index contributed by atoms with van der Waals surface area (Å²) in [5.74, 6) is -0.0739. The van der Waals surface area contributed by atoms with Crippen LogP contribution >= 0.6 is 15.9 Å². The number of nitro benzene ring substituents is 1. The van der Waals surface area contributed by atoms with E-state index in [0.717, 1.165) is 4.47 Å². The quantitative estimate of drug-likeness (QED) is 0.183. The molecular weight excluding hydrogens is 508 g/mol. The Balaban J connectivity index is 2.17. The van der Waals surface area contributed by atoms with Crippen molar-refractivity contribution in [1.29, 1.82) is 0 Å². The fraction of sp³-hybridized carbons (Fsp3) is 0.304. The van der Waals surface area contributed by atoms with Gasteiger partial charge in [0.1, 0.15) is 11.6 Å². The van der Waals surface area contributed by atoms with Crippen LogP contribution in [-0.4, -0.2) is 40.0 Å². The van der Waals surface area contributed by atoms with Crippen LogP contribution in [0.5, 0.6) is 5.75 Å². The molecule has 1 aromatic heterocycles. The lowest BCUT2D eigenvalue weighted by atomic mass is 10.1. The number of rotatable bonds is 8. The van der Waals surface area contributed by atoms with Gasteiger partial charge in [0, 0.05) is 28.1 Å². The van der Waals surface area contributed by atoms with E-state index in [4.69, 9.17) is 4.74 Å². The van der Waals surface area contributed by atoms with Crippen LogP contribution in [0.15, 0.2) is 50.8 Å². The third kappa shape index (κ3) is 5.30. The number of halogens is 1. The number of aromatic nitrogens is 2. The Morgan fingerprint density at radius 1 is 1.29 bits per heavy atom. The maximum atomic E-state index is 13.3. The maximum Gasteiger partial charge on any atom is 0.346 e. The highest BCUT2D eigenvalue weighted by Gasteiger charge is 2.19. The topological polar surface area (TPSA) is 126 Å². The van der Waals surface area contributed by atoms with Crippen molar-refractivity contribution in [3.05, 3.63) is 72.7 Å². The molecule has 0 fully saturated rings. The molecule has 11 heteroatoms. The molecule has 3 rings (SSSR count). The number of methoxy groups -OCH3 is 1. The molecule has 178 valence electrons. The summed E-state index contributed by atoms with van der Waals surface area (Å²) in [5, 5.41) is 16.0. The number of carbonyl (C=O) groups excluding carboxylic acids is 1. The van der Waals surface area contributed by atoms with Crippen LogP contribution in [0.2, 0.25) is 0 Å². The number of nitrogens with zero attached hydrogens (tertiary/aromatic N) is 4. The van der Waals surface area contributed by atoms with Crippen LogP contribution in [0.1, 0.15) is 44.5 Å². The lowest BCUT2D eigenvalue weighted by Crippen LogP contribution is -2.25. The summed E-state index contributed by atoms with van der Waals surface area (Å²) < 4.78 is 12.2. The summed E-state index contributed by atoms with van der Waals surface area (Å²) in [4.78, 5) is 40.5. The van der Waals surface area contributed by atoms with Crippen LogP contribution in [0.3, 0.4) is 0 Å². The summed E-state index contributed by atoms with van der Waals surface area (Å²) in [7, 11) is 1.23. The Kier molecular flexibility index (Phi) is 7.77.